The van der Waals surface area contributed by atoms with Gasteiger partial charge < -0.3 is 4.90 Å². The van der Waals surface area contributed by atoms with Crippen molar-refractivity contribution in [3.05, 3.63) is 35.9 Å². The smallest absolute Gasteiger partial charge is 0.240 e. The number of hydrogen-bond acceptors (Lipinski definition) is 2. The molecule has 1 aliphatic heterocycles. The summed E-state index contributed by atoms with van der Waals surface area (Å²) in [5.41, 5.74) is 1.32. The number of rotatable bonds is 5. The van der Waals surface area contributed by atoms with Crippen LogP contribution in [0.4, 0.5) is 0 Å². The van der Waals surface area contributed by atoms with Gasteiger partial charge in [-0.1, -0.05) is 30.3 Å². The molecule has 20 heavy (non-hydrogen) atoms. The Labute approximate surface area is 121 Å². The summed E-state index contributed by atoms with van der Waals surface area (Å²) >= 11 is 0. The lowest BCUT2D eigenvalue weighted by atomic mass is 10.0. The van der Waals surface area contributed by atoms with Gasteiger partial charge in [-0.2, -0.15) is 0 Å². The Balaban J connectivity index is 1.71. The Morgan fingerprint density at radius 1 is 1.15 bits per heavy atom. The topological polar surface area (TPSA) is 32.3 Å². The van der Waals surface area contributed by atoms with Gasteiger partial charge in [0.05, 0.1) is 6.04 Å². The van der Waals surface area contributed by atoms with E-state index in [1.807, 2.05) is 4.90 Å². The Hall–Kier alpha value is -1.35. The van der Waals surface area contributed by atoms with Gasteiger partial charge in [0.25, 0.3) is 0 Å². The van der Waals surface area contributed by atoms with E-state index in [0.29, 0.717) is 18.0 Å². The number of benzene rings is 1. The first kappa shape index (κ1) is 13.6. The highest BCUT2D eigenvalue weighted by Crippen LogP contribution is 2.41. The molecule has 108 valence electrons. The molecule has 1 aromatic carbocycles. The maximum Gasteiger partial charge on any atom is 0.240 e. The molecule has 1 aliphatic carbocycles. The van der Waals surface area contributed by atoms with Crippen LogP contribution < -0.4 is 5.32 Å². The molecule has 1 saturated heterocycles. The second-order valence-electron chi connectivity index (χ2n) is 6.36. The molecular formula is C17H24N2O. The standard InChI is InChI=1S/C17H24N2O/c1-12(2)19-11-10-15(17(19)20)18-16(14-8-9-14)13-6-4-3-5-7-13/h3-7,12,14-16,18H,8-11H2,1-2H3/t15-,16+/m1/s1. The van der Waals surface area contributed by atoms with E-state index in [1.54, 1.807) is 0 Å². The fraction of sp³-hybridized carbons (Fsp3) is 0.588. The van der Waals surface area contributed by atoms with Crippen molar-refractivity contribution in [1.82, 2.24) is 10.2 Å². The summed E-state index contributed by atoms with van der Waals surface area (Å²) in [7, 11) is 0. The van der Waals surface area contributed by atoms with Crippen LogP contribution in [0.5, 0.6) is 0 Å². The number of likely N-dealkylation sites (tertiary alicyclic amines) is 1. The summed E-state index contributed by atoms with van der Waals surface area (Å²) in [6, 6.07) is 11.2. The second-order valence-corrected chi connectivity index (χ2v) is 6.36. The number of carbonyl (C=O) groups excluding carboxylic acids is 1. The zero-order chi connectivity index (χ0) is 14.1. The monoisotopic (exact) mass is 272 g/mol. The van der Waals surface area contributed by atoms with Gasteiger partial charge in [0, 0.05) is 18.6 Å². The summed E-state index contributed by atoms with van der Waals surface area (Å²) in [4.78, 5) is 14.4. The van der Waals surface area contributed by atoms with E-state index in [0.717, 1.165) is 13.0 Å². The van der Waals surface area contributed by atoms with Crippen LogP contribution in [0.25, 0.3) is 0 Å². The van der Waals surface area contributed by atoms with Crippen molar-refractivity contribution < 1.29 is 4.79 Å². The zero-order valence-corrected chi connectivity index (χ0v) is 12.4. The average Bonchev–Trinajstić information content (AvgIpc) is 3.21. The summed E-state index contributed by atoms with van der Waals surface area (Å²) in [5, 5.41) is 3.64. The highest BCUT2D eigenvalue weighted by atomic mass is 16.2. The minimum atomic E-state index is 0.00297. The third-order valence-electron chi connectivity index (χ3n) is 4.50. The highest BCUT2D eigenvalue weighted by Gasteiger charge is 2.38. The largest absolute Gasteiger partial charge is 0.339 e. The van der Waals surface area contributed by atoms with Crippen LogP contribution in [-0.4, -0.2) is 29.4 Å². The molecule has 0 radical (unpaired) electrons. The molecule has 2 fully saturated rings. The molecule has 0 unspecified atom stereocenters. The molecule has 3 nitrogen and oxygen atoms in total. The average molecular weight is 272 g/mol. The minimum Gasteiger partial charge on any atom is -0.339 e. The lowest BCUT2D eigenvalue weighted by molar-refractivity contribution is -0.131. The molecule has 1 heterocycles. The maximum atomic E-state index is 12.4. The van der Waals surface area contributed by atoms with Crippen LogP contribution in [0.1, 0.15) is 44.7 Å². The van der Waals surface area contributed by atoms with Crippen LogP contribution in [0, 0.1) is 5.92 Å². The molecule has 1 saturated carbocycles. The van der Waals surface area contributed by atoms with Gasteiger partial charge >= 0.3 is 0 Å². The quantitative estimate of drug-likeness (QED) is 0.894. The Morgan fingerprint density at radius 2 is 1.85 bits per heavy atom. The number of nitrogens with zero attached hydrogens (tertiary/aromatic N) is 1. The van der Waals surface area contributed by atoms with E-state index in [1.165, 1.54) is 18.4 Å². The third-order valence-corrected chi connectivity index (χ3v) is 4.50. The summed E-state index contributed by atoms with van der Waals surface area (Å²) in [6.07, 6.45) is 3.50. The van der Waals surface area contributed by atoms with Crippen molar-refractivity contribution >= 4 is 5.91 Å². The first-order valence-corrected chi connectivity index (χ1v) is 7.78. The molecule has 2 aliphatic rings. The minimum absolute atomic E-state index is 0.00297. The summed E-state index contributed by atoms with van der Waals surface area (Å²) < 4.78 is 0. The fourth-order valence-corrected chi connectivity index (χ4v) is 3.18. The second kappa shape index (κ2) is 5.57. The molecular weight excluding hydrogens is 248 g/mol. The lowest BCUT2D eigenvalue weighted by Gasteiger charge is -2.24. The van der Waals surface area contributed by atoms with Gasteiger partial charge in [0.2, 0.25) is 5.91 Å². The number of nitrogens with one attached hydrogen (secondary N) is 1. The SMILES string of the molecule is CC(C)N1CC[C@@H](N[C@@H](c2ccccc2)C2CC2)C1=O. The van der Waals surface area contributed by atoms with Gasteiger partial charge in [-0.25, -0.2) is 0 Å². The fourth-order valence-electron chi connectivity index (χ4n) is 3.18. The number of hydrogen-bond donors (Lipinski definition) is 1. The molecule has 0 spiro atoms. The summed E-state index contributed by atoms with van der Waals surface area (Å²) in [6.45, 7) is 5.08. The third kappa shape index (κ3) is 2.73. The van der Waals surface area contributed by atoms with Crippen molar-refractivity contribution in [3.63, 3.8) is 0 Å². The Bertz CT molecular complexity index is 467. The van der Waals surface area contributed by atoms with Crippen LogP contribution in [0.2, 0.25) is 0 Å². The molecule has 3 heteroatoms. The van der Waals surface area contributed by atoms with Crippen molar-refractivity contribution in [2.24, 2.45) is 5.92 Å². The highest BCUT2D eigenvalue weighted by molar-refractivity contribution is 5.84. The van der Waals surface area contributed by atoms with Crippen LogP contribution >= 0.6 is 0 Å². The molecule has 1 aromatic rings. The lowest BCUT2D eigenvalue weighted by Crippen LogP contribution is -2.42. The first-order chi connectivity index (χ1) is 9.66. The Morgan fingerprint density at radius 3 is 2.40 bits per heavy atom. The molecule has 1 N–H and O–H groups in total. The summed E-state index contributed by atoms with van der Waals surface area (Å²) in [5.74, 6) is 0.986. The van der Waals surface area contributed by atoms with Crippen LogP contribution in [0.15, 0.2) is 30.3 Å². The molecule has 2 atom stereocenters. The van der Waals surface area contributed by atoms with Crippen molar-refractivity contribution in [2.45, 2.75) is 51.2 Å². The number of amides is 1. The van der Waals surface area contributed by atoms with Gasteiger partial charge in [-0.3, -0.25) is 10.1 Å². The van der Waals surface area contributed by atoms with E-state index in [4.69, 9.17) is 0 Å². The van der Waals surface area contributed by atoms with E-state index < -0.39 is 0 Å². The van der Waals surface area contributed by atoms with Gasteiger partial charge in [0.1, 0.15) is 0 Å². The van der Waals surface area contributed by atoms with E-state index in [9.17, 15) is 4.79 Å². The van der Waals surface area contributed by atoms with Crippen molar-refractivity contribution in [1.29, 1.82) is 0 Å². The first-order valence-electron chi connectivity index (χ1n) is 7.78. The molecule has 3 rings (SSSR count). The Kier molecular flexibility index (Phi) is 3.79. The van der Waals surface area contributed by atoms with E-state index in [-0.39, 0.29) is 11.9 Å². The molecule has 0 aromatic heterocycles. The predicted octanol–water partition coefficient (Wildman–Crippen LogP) is 2.74. The van der Waals surface area contributed by atoms with Crippen molar-refractivity contribution in [2.75, 3.05) is 6.54 Å². The van der Waals surface area contributed by atoms with E-state index >= 15 is 0 Å². The molecule has 0 bridgehead atoms. The van der Waals surface area contributed by atoms with E-state index in [2.05, 4.69) is 49.5 Å². The number of carbonyl (C=O) groups is 1. The van der Waals surface area contributed by atoms with Crippen LogP contribution in [0.3, 0.4) is 0 Å². The zero-order valence-electron chi connectivity index (χ0n) is 12.4. The van der Waals surface area contributed by atoms with Crippen molar-refractivity contribution in [3.8, 4) is 0 Å². The normalized spacial score (nSPS) is 24.4. The van der Waals surface area contributed by atoms with Gasteiger partial charge in [-0.05, 0) is 44.6 Å². The maximum absolute atomic E-state index is 12.4. The van der Waals surface area contributed by atoms with Gasteiger partial charge in [0.15, 0.2) is 0 Å². The predicted molar refractivity (Wildman–Crippen MR) is 80.3 cm³/mol. The molecule has 1 amide bonds. The van der Waals surface area contributed by atoms with Gasteiger partial charge in [-0.15, -0.1) is 0 Å². The van der Waals surface area contributed by atoms with Crippen LogP contribution in [-0.2, 0) is 4.79 Å².